The Hall–Kier alpha value is -2.56. The van der Waals surface area contributed by atoms with Crippen molar-refractivity contribution in [3.8, 4) is 5.75 Å². The Labute approximate surface area is 129 Å². The summed E-state index contributed by atoms with van der Waals surface area (Å²) in [5.74, 6) is 0.823. The average molecular weight is 301 g/mol. The number of unbranched alkanes of at least 4 members (excludes halogenated alkanes) is 1. The fraction of sp³-hybridized carbons (Fsp3) is 0.235. The van der Waals surface area contributed by atoms with Crippen LogP contribution in [0.25, 0.3) is 0 Å². The van der Waals surface area contributed by atoms with Crippen LogP contribution in [0.4, 0.5) is 10.1 Å². The Morgan fingerprint density at radius 2 is 1.77 bits per heavy atom. The van der Waals surface area contributed by atoms with Crippen LogP contribution in [0.3, 0.4) is 0 Å². The first kappa shape index (κ1) is 15.8. The molecule has 0 unspecified atom stereocenters. The summed E-state index contributed by atoms with van der Waals surface area (Å²) in [6.45, 7) is 1.21. The molecule has 2 aromatic carbocycles. The number of para-hydroxylation sites is 1. The van der Waals surface area contributed by atoms with Crippen LogP contribution >= 0.6 is 0 Å². The summed E-state index contributed by atoms with van der Waals surface area (Å²) in [6, 6.07) is 15.7. The predicted molar refractivity (Wildman–Crippen MR) is 87.7 cm³/mol. The second-order valence-electron chi connectivity index (χ2n) is 4.77. The summed E-state index contributed by atoms with van der Waals surface area (Å²) in [7, 11) is 0. The lowest BCUT2D eigenvalue weighted by molar-refractivity contribution is 0.307. The minimum atomic E-state index is -0.261. The number of rotatable bonds is 7. The molecule has 2 rings (SSSR count). The first-order valence-electron chi connectivity index (χ1n) is 7.24. The number of nitrogens with one attached hydrogen (secondary N) is 1. The molecule has 116 valence electrons. The van der Waals surface area contributed by atoms with E-state index in [1.807, 2.05) is 30.3 Å². The van der Waals surface area contributed by atoms with Gasteiger partial charge in [-0.2, -0.15) is 0 Å². The number of benzene rings is 2. The third-order valence-corrected chi connectivity index (χ3v) is 2.96. The second kappa shape index (κ2) is 8.67. The molecule has 0 fully saturated rings. The van der Waals surface area contributed by atoms with Gasteiger partial charge in [0.05, 0.1) is 6.61 Å². The van der Waals surface area contributed by atoms with E-state index >= 15 is 0 Å². The van der Waals surface area contributed by atoms with Gasteiger partial charge in [0.15, 0.2) is 5.96 Å². The van der Waals surface area contributed by atoms with Crippen molar-refractivity contribution in [1.29, 1.82) is 0 Å². The normalized spacial score (nSPS) is 11.2. The summed E-state index contributed by atoms with van der Waals surface area (Å²) in [6.07, 6.45) is 1.73. The van der Waals surface area contributed by atoms with E-state index in [0.29, 0.717) is 24.9 Å². The number of nitrogens with two attached hydrogens (primary N) is 1. The van der Waals surface area contributed by atoms with E-state index in [-0.39, 0.29) is 5.82 Å². The van der Waals surface area contributed by atoms with E-state index in [9.17, 15) is 4.39 Å². The molecule has 0 atom stereocenters. The van der Waals surface area contributed by atoms with Crippen molar-refractivity contribution in [2.24, 2.45) is 10.7 Å². The van der Waals surface area contributed by atoms with E-state index < -0.39 is 0 Å². The molecule has 0 aromatic heterocycles. The number of nitrogens with zero attached hydrogens (tertiary/aromatic N) is 1. The lowest BCUT2D eigenvalue weighted by atomic mass is 10.3. The SMILES string of the molecule is NC(=NCCCCOc1ccc(F)cc1)Nc1ccccc1. The van der Waals surface area contributed by atoms with Crippen LogP contribution < -0.4 is 15.8 Å². The monoisotopic (exact) mass is 301 g/mol. The number of halogens is 1. The highest BCUT2D eigenvalue weighted by Gasteiger charge is 1.96. The van der Waals surface area contributed by atoms with Gasteiger partial charge in [-0.3, -0.25) is 4.99 Å². The predicted octanol–water partition coefficient (Wildman–Crippen LogP) is 3.41. The molecule has 22 heavy (non-hydrogen) atoms. The molecule has 5 heteroatoms. The van der Waals surface area contributed by atoms with Crippen LogP contribution in [0.1, 0.15) is 12.8 Å². The summed E-state index contributed by atoms with van der Waals surface area (Å²) in [4.78, 5) is 4.25. The first-order chi connectivity index (χ1) is 10.7. The minimum Gasteiger partial charge on any atom is -0.494 e. The largest absolute Gasteiger partial charge is 0.494 e. The highest BCUT2D eigenvalue weighted by molar-refractivity contribution is 5.92. The van der Waals surface area contributed by atoms with Crippen LogP contribution in [0.2, 0.25) is 0 Å². The van der Waals surface area contributed by atoms with E-state index in [1.165, 1.54) is 12.1 Å². The molecule has 0 spiro atoms. The zero-order valence-corrected chi connectivity index (χ0v) is 12.3. The molecule has 0 saturated carbocycles. The number of hydrogen-bond donors (Lipinski definition) is 2. The van der Waals surface area contributed by atoms with Crippen molar-refractivity contribution in [3.63, 3.8) is 0 Å². The smallest absolute Gasteiger partial charge is 0.193 e. The maximum Gasteiger partial charge on any atom is 0.193 e. The quantitative estimate of drug-likeness (QED) is 0.468. The Morgan fingerprint density at radius 1 is 1.05 bits per heavy atom. The molecule has 0 bridgehead atoms. The van der Waals surface area contributed by atoms with Crippen molar-refractivity contribution in [2.75, 3.05) is 18.5 Å². The van der Waals surface area contributed by atoms with Gasteiger partial charge >= 0.3 is 0 Å². The molecule has 0 aliphatic heterocycles. The van der Waals surface area contributed by atoms with Crippen molar-refractivity contribution < 1.29 is 9.13 Å². The number of guanidine groups is 1. The van der Waals surface area contributed by atoms with Crippen molar-refractivity contribution in [2.45, 2.75) is 12.8 Å². The second-order valence-corrected chi connectivity index (χ2v) is 4.77. The summed E-state index contributed by atoms with van der Waals surface area (Å²) >= 11 is 0. The van der Waals surface area contributed by atoms with E-state index in [4.69, 9.17) is 10.5 Å². The molecular weight excluding hydrogens is 281 g/mol. The molecule has 3 N–H and O–H groups in total. The summed E-state index contributed by atoms with van der Waals surface area (Å²) in [5, 5.41) is 3.02. The molecule has 0 aliphatic rings. The van der Waals surface area contributed by atoms with Crippen molar-refractivity contribution in [3.05, 3.63) is 60.4 Å². The molecule has 0 heterocycles. The third kappa shape index (κ3) is 5.83. The number of hydrogen-bond acceptors (Lipinski definition) is 2. The molecular formula is C17H20FN3O. The van der Waals surface area contributed by atoms with Crippen molar-refractivity contribution in [1.82, 2.24) is 0 Å². The number of aliphatic imine (C=N–C) groups is 1. The lowest BCUT2D eigenvalue weighted by Crippen LogP contribution is -2.22. The standard InChI is InChI=1S/C17H20FN3O/c18-14-8-10-16(11-9-14)22-13-5-4-12-20-17(19)21-15-6-2-1-3-7-15/h1-3,6-11H,4-5,12-13H2,(H3,19,20,21). The Morgan fingerprint density at radius 3 is 2.50 bits per heavy atom. The van der Waals surface area contributed by atoms with Crippen LogP contribution in [0, 0.1) is 5.82 Å². The van der Waals surface area contributed by atoms with Gasteiger partial charge in [-0.15, -0.1) is 0 Å². The molecule has 0 amide bonds. The van der Waals surface area contributed by atoms with Crippen LogP contribution in [-0.4, -0.2) is 19.1 Å². The molecule has 0 aliphatic carbocycles. The third-order valence-electron chi connectivity index (χ3n) is 2.96. The van der Waals surface area contributed by atoms with Crippen molar-refractivity contribution >= 4 is 11.6 Å². The summed E-state index contributed by atoms with van der Waals surface area (Å²) < 4.78 is 18.2. The van der Waals surface area contributed by atoms with Gasteiger partial charge in [-0.25, -0.2) is 4.39 Å². The van der Waals surface area contributed by atoms with Gasteiger partial charge in [0.2, 0.25) is 0 Å². The average Bonchev–Trinajstić information content (AvgIpc) is 2.53. The highest BCUT2D eigenvalue weighted by atomic mass is 19.1. The Kier molecular flexibility index (Phi) is 6.23. The molecule has 4 nitrogen and oxygen atoms in total. The van der Waals surface area contributed by atoms with Gasteiger partial charge in [0, 0.05) is 12.2 Å². The fourth-order valence-electron chi connectivity index (χ4n) is 1.84. The Balaban J connectivity index is 1.60. The summed E-state index contributed by atoms with van der Waals surface area (Å²) in [5.41, 5.74) is 6.72. The van der Waals surface area contributed by atoms with Crippen LogP contribution in [0.15, 0.2) is 59.6 Å². The van der Waals surface area contributed by atoms with Crippen LogP contribution in [0.5, 0.6) is 5.75 Å². The fourth-order valence-corrected chi connectivity index (χ4v) is 1.84. The first-order valence-corrected chi connectivity index (χ1v) is 7.24. The maximum atomic E-state index is 12.7. The van der Waals surface area contributed by atoms with Gasteiger partial charge in [-0.1, -0.05) is 18.2 Å². The topological polar surface area (TPSA) is 59.6 Å². The minimum absolute atomic E-state index is 0.261. The van der Waals surface area contributed by atoms with Gasteiger partial charge in [-0.05, 0) is 49.2 Å². The van der Waals surface area contributed by atoms with Gasteiger partial charge in [0.25, 0.3) is 0 Å². The maximum absolute atomic E-state index is 12.7. The van der Waals surface area contributed by atoms with E-state index in [0.717, 1.165) is 18.5 Å². The lowest BCUT2D eigenvalue weighted by Gasteiger charge is -2.06. The van der Waals surface area contributed by atoms with Crippen LogP contribution in [-0.2, 0) is 0 Å². The molecule has 2 aromatic rings. The number of anilines is 1. The zero-order valence-electron chi connectivity index (χ0n) is 12.3. The molecule has 0 radical (unpaired) electrons. The molecule has 0 saturated heterocycles. The highest BCUT2D eigenvalue weighted by Crippen LogP contribution is 2.11. The number of ether oxygens (including phenoxy) is 1. The van der Waals surface area contributed by atoms with Gasteiger partial charge < -0.3 is 15.8 Å². The zero-order chi connectivity index (χ0) is 15.6. The Bertz CT molecular complexity index is 585. The van der Waals surface area contributed by atoms with Gasteiger partial charge in [0.1, 0.15) is 11.6 Å². The van der Waals surface area contributed by atoms with E-state index in [2.05, 4.69) is 10.3 Å². The van der Waals surface area contributed by atoms with E-state index in [1.54, 1.807) is 12.1 Å².